The van der Waals surface area contributed by atoms with E-state index in [4.69, 9.17) is 20.1 Å². The van der Waals surface area contributed by atoms with Crippen molar-refractivity contribution in [2.24, 2.45) is 0 Å². The number of nitrogen functional groups attached to an aromatic ring is 1. The van der Waals surface area contributed by atoms with Crippen molar-refractivity contribution in [1.29, 1.82) is 0 Å². The van der Waals surface area contributed by atoms with Crippen molar-refractivity contribution in [2.45, 2.75) is 37.9 Å². The lowest BCUT2D eigenvalue weighted by Gasteiger charge is -2.19. The molecule has 0 unspecified atom stereocenters. The summed E-state index contributed by atoms with van der Waals surface area (Å²) in [5.41, 5.74) is 1.94. The summed E-state index contributed by atoms with van der Waals surface area (Å²) in [4.78, 5) is 12.4. The maximum atomic E-state index is 12.4. The van der Waals surface area contributed by atoms with Crippen molar-refractivity contribution in [3.63, 3.8) is 0 Å². The van der Waals surface area contributed by atoms with E-state index >= 15 is 0 Å². The summed E-state index contributed by atoms with van der Waals surface area (Å²) in [7, 11) is 0. The van der Waals surface area contributed by atoms with Gasteiger partial charge in [-0.25, -0.2) is 4.68 Å². The van der Waals surface area contributed by atoms with Crippen LogP contribution in [0.4, 0.5) is 5.69 Å². The second kappa shape index (κ2) is 9.62. The Labute approximate surface area is 196 Å². The standard InChI is InChI=1S/C23H27N5O4S/c1-23(2,3)15-4-7-17(8-5-15)32-13-20-26-27-22(28(20)24)33-14-21(29)25-16-6-9-18-19(12-16)31-11-10-30-18/h4-9,12H,10-11,13-14,24H2,1-3H3,(H,25,29). The van der Waals surface area contributed by atoms with Gasteiger partial charge < -0.3 is 25.4 Å². The molecule has 0 bridgehead atoms. The number of nitrogens with one attached hydrogen (secondary N) is 1. The lowest BCUT2D eigenvalue weighted by atomic mass is 9.87. The largest absolute Gasteiger partial charge is 0.486 e. The van der Waals surface area contributed by atoms with Crippen molar-refractivity contribution in [2.75, 3.05) is 30.1 Å². The molecule has 3 aromatic rings. The number of nitrogens with zero attached hydrogens (tertiary/aromatic N) is 3. The summed E-state index contributed by atoms with van der Waals surface area (Å²) in [5, 5.41) is 11.4. The average Bonchev–Trinajstić information content (AvgIpc) is 3.15. The minimum atomic E-state index is -0.198. The fraction of sp³-hybridized carbons (Fsp3) is 0.348. The zero-order chi connectivity index (χ0) is 23.4. The molecule has 2 aromatic carbocycles. The van der Waals surface area contributed by atoms with Crippen molar-refractivity contribution in [3.8, 4) is 17.2 Å². The fourth-order valence-electron chi connectivity index (χ4n) is 3.15. The summed E-state index contributed by atoms with van der Waals surface area (Å²) in [6.07, 6.45) is 0. The van der Waals surface area contributed by atoms with Crippen LogP contribution in [0.5, 0.6) is 17.2 Å². The molecule has 0 aliphatic carbocycles. The number of carbonyl (C=O) groups is 1. The molecule has 174 valence electrons. The Balaban J connectivity index is 1.28. The van der Waals surface area contributed by atoms with Crippen molar-refractivity contribution in [1.82, 2.24) is 14.9 Å². The number of aromatic nitrogens is 3. The number of rotatable bonds is 7. The summed E-state index contributed by atoms with van der Waals surface area (Å²) in [6.45, 7) is 7.66. The topological polar surface area (TPSA) is 114 Å². The van der Waals surface area contributed by atoms with Crippen molar-refractivity contribution < 1.29 is 19.0 Å². The lowest BCUT2D eigenvalue weighted by molar-refractivity contribution is -0.113. The van der Waals surface area contributed by atoms with E-state index in [1.807, 2.05) is 24.3 Å². The van der Waals surface area contributed by atoms with E-state index in [1.165, 1.54) is 22.0 Å². The molecule has 1 aliphatic heterocycles. The summed E-state index contributed by atoms with van der Waals surface area (Å²) in [6, 6.07) is 13.2. The lowest BCUT2D eigenvalue weighted by Crippen LogP contribution is -2.18. The molecule has 1 aromatic heterocycles. The van der Waals surface area contributed by atoms with Gasteiger partial charge in [0.05, 0.1) is 5.75 Å². The van der Waals surface area contributed by atoms with Crippen LogP contribution in [0.1, 0.15) is 32.2 Å². The normalized spacial score (nSPS) is 12.9. The van der Waals surface area contributed by atoms with E-state index in [2.05, 4.69) is 36.3 Å². The van der Waals surface area contributed by atoms with Crippen LogP contribution in [0.2, 0.25) is 0 Å². The maximum Gasteiger partial charge on any atom is 0.234 e. The Morgan fingerprint density at radius 3 is 2.58 bits per heavy atom. The Morgan fingerprint density at radius 1 is 1.12 bits per heavy atom. The van der Waals surface area contributed by atoms with Crippen LogP contribution >= 0.6 is 11.8 Å². The van der Waals surface area contributed by atoms with Gasteiger partial charge in [0.15, 0.2) is 17.3 Å². The Hall–Kier alpha value is -3.40. The van der Waals surface area contributed by atoms with Crippen LogP contribution in [0.3, 0.4) is 0 Å². The van der Waals surface area contributed by atoms with Crippen LogP contribution in [0.25, 0.3) is 0 Å². The number of nitrogens with two attached hydrogens (primary N) is 1. The minimum absolute atomic E-state index is 0.0798. The Morgan fingerprint density at radius 2 is 1.85 bits per heavy atom. The molecule has 10 heteroatoms. The predicted octanol–water partition coefficient (Wildman–Crippen LogP) is 3.37. The third-order valence-corrected chi connectivity index (χ3v) is 5.92. The molecule has 1 amide bonds. The third-order valence-electron chi connectivity index (χ3n) is 4.98. The highest BCUT2D eigenvalue weighted by Gasteiger charge is 2.16. The van der Waals surface area contributed by atoms with E-state index in [-0.39, 0.29) is 23.7 Å². The van der Waals surface area contributed by atoms with E-state index in [1.54, 1.807) is 18.2 Å². The zero-order valence-electron chi connectivity index (χ0n) is 18.8. The Kier molecular flexibility index (Phi) is 6.64. The molecular weight excluding hydrogens is 442 g/mol. The molecule has 0 fully saturated rings. The molecule has 0 spiro atoms. The van der Waals surface area contributed by atoms with Crippen LogP contribution in [-0.4, -0.2) is 39.7 Å². The van der Waals surface area contributed by atoms with Crippen LogP contribution in [0.15, 0.2) is 47.6 Å². The summed E-state index contributed by atoms with van der Waals surface area (Å²) < 4.78 is 18.2. The van der Waals surface area contributed by atoms with Gasteiger partial charge in [0.2, 0.25) is 11.1 Å². The molecule has 0 atom stereocenters. The smallest absolute Gasteiger partial charge is 0.234 e. The molecule has 0 saturated carbocycles. The van der Waals surface area contributed by atoms with E-state index < -0.39 is 0 Å². The molecule has 4 rings (SSSR count). The maximum absolute atomic E-state index is 12.4. The van der Waals surface area contributed by atoms with Crippen molar-refractivity contribution >= 4 is 23.4 Å². The minimum Gasteiger partial charge on any atom is -0.486 e. The van der Waals surface area contributed by atoms with E-state index in [0.717, 1.165) is 5.75 Å². The van der Waals surface area contributed by atoms with Crippen LogP contribution in [-0.2, 0) is 16.8 Å². The van der Waals surface area contributed by atoms with Gasteiger partial charge >= 0.3 is 0 Å². The van der Waals surface area contributed by atoms with Gasteiger partial charge in [0, 0.05) is 11.8 Å². The number of hydrogen-bond donors (Lipinski definition) is 2. The number of amides is 1. The van der Waals surface area contributed by atoms with E-state index in [0.29, 0.717) is 41.4 Å². The SMILES string of the molecule is CC(C)(C)c1ccc(OCc2nnc(SCC(=O)Nc3ccc4c(c3)OCCO4)n2N)cc1. The number of carbonyl (C=O) groups excluding carboxylic acids is 1. The molecule has 3 N–H and O–H groups in total. The number of hydrogen-bond acceptors (Lipinski definition) is 8. The third kappa shape index (κ3) is 5.70. The monoisotopic (exact) mass is 469 g/mol. The molecule has 2 heterocycles. The quantitative estimate of drug-likeness (QED) is 0.400. The van der Waals surface area contributed by atoms with Gasteiger partial charge in [-0.05, 0) is 35.2 Å². The average molecular weight is 470 g/mol. The number of anilines is 1. The number of thioether (sulfide) groups is 1. The number of benzene rings is 2. The predicted molar refractivity (Wildman–Crippen MR) is 126 cm³/mol. The number of fused-ring (bicyclic) bond motifs is 1. The fourth-order valence-corrected chi connectivity index (χ4v) is 3.83. The van der Waals surface area contributed by atoms with Gasteiger partial charge in [0.25, 0.3) is 0 Å². The Bertz CT molecular complexity index is 1120. The second-order valence-electron chi connectivity index (χ2n) is 8.53. The van der Waals surface area contributed by atoms with Gasteiger partial charge in [-0.2, -0.15) is 0 Å². The van der Waals surface area contributed by atoms with Crippen molar-refractivity contribution in [3.05, 3.63) is 53.9 Å². The van der Waals surface area contributed by atoms with E-state index in [9.17, 15) is 4.79 Å². The highest BCUT2D eigenvalue weighted by molar-refractivity contribution is 7.99. The molecule has 1 aliphatic rings. The molecular formula is C23H27N5O4S. The van der Waals surface area contributed by atoms with Crippen LogP contribution in [0, 0.1) is 0 Å². The highest BCUT2D eigenvalue weighted by Crippen LogP contribution is 2.32. The number of ether oxygens (including phenoxy) is 3. The van der Waals surface area contributed by atoms with Gasteiger partial charge in [-0.3, -0.25) is 4.79 Å². The van der Waals surface area contributed by atoms with Crippen LogP contribution < -0.4 is 25.4 Å². The van der Waals surface area contributed by atoms with Gasteiger partial charge in [-0.15, -0.1) is 10.2 Å². The first-order valence-corrected chi connectivity index (χ1v) is 11.5. The molecule has 0 radical (unpaired) electrons. The first-order valence-electron chi connectivity index (χ1n) is 10.5. The summed E-state index contributed by atoms with van der Waals surface area (Å²) in [5.74, 6) is 8.49. The highest BCUT2D eigenvalue weighted by atomic mass is 32.2. The summed E-state index contributed by atoms with van der Waals surface area (Å²) >= 11 is 1.19. The first-order chi connectivity index (χ1) is 15.8. The molecule has 0 saturated heterocycles. The zero-order valence-corrected chi connectivity index (χ0v) is 19.6. The molecule has 33 heavy (non-hydrogen) atoms. The van der Waals surface area contributed by atoms with Gasteiger partial charge in [0.1, 0.15) is 25.6 Å². The second-order valence-corrected chi connectivity index (χ2v) is 9.47. The molecule has 9 nitrogen and oxygen atoms in total. The van der Waals surface area contributed by atoms with Gasteiger partial charge in [-0.1, -0.05) is 44.7 Å². The first kappa shape index (κ1) is 22.8.